The second-order valence-corrected chi connectivity index (χ2v) is 3.03. The van der Waals surface area contributed by atoms with E-state index in [1.807, 2.05) is 13.0 Å². The summed E-state index contributed by atoms with van der Waals surface area (Å²) < 4.78 is 0. The van der Waals surface area contributed by atoms with Crippen LogP contribution in [0.5, 0.6) is 0 Å². The number of ketones is 1. The van der Waals surface area contributed by atoms with Crippen LogP contribution in [0.2, 0.25) is 0 Å². The molecule has 0 unspecified atom stereocenters. The summed E-state index contributed by atoms with van der Waals surface area (Å²) >= 11 is 0. The van der Waals surface area contributed by atoms with Crippen LogP contribution in [-0.4, -0.2) is 10.9 Å². The van der Waals surface area contributed by atoms with Gasteiger partial charge in [-0.1, -0.05) is 43.3 Å². The van der Waals surface area contributed by atoms with Gasteiger partial charge in [-0.3, -0.25) is 4.79 Å². The first kappa shape index (κ1) is 10.7. The van der Waals surface area contributed by atoms with Crippen molar-refractivity contribution in [3.8, 4) is 0 Å². The summed E-state index contributed by atoms with van der Waals surface area (Å²) in [6.45, 7) is 1.94. The second-order valence-electron chi connectivity index (χ2n) is 3.03. The van der Waals surface area contributed by atoms with E-state index >= 15 is 0 Å². The van der Waals surface area contributed by atoms with Gasteiger partial charge < -0.3 is 5.11 Å². The predicted octanol–water partition coefficient (Wildman–Crippen LogP) is 2.26. The maximum Gasteiger partial charge on any atom is 0.188 e. The van der Waals surface area contributed by atoms with Gasteiger partial charge in [0.2, 0.25) is 0 Å². The molecule has 0 radical (unpaired) electrons. The number of aliphatic hydroxyl groups excluding tert-OH is 1. The molecule has 0 aliphatic heterocycles. The number of benzene rings is 1. The van der Waals surface area contributed by atoms with Crippen molar-refractivity contribution in [3.05, 3.63) is 48.0 Å². The normalized spacial score (nSPS) is 13.0. The van der Waals surface area contributed by atoms with Crippen molar-refractivity contribution in [2.75, 3.05) is 0 Å². The van der Waals surface area contributed by atoms with Gasteiger partial charge in [-0.15, -0.1) is 0 Å². The average Bonchev–Trinajstić information content (AvgIpc) is 2.26. The van der Waals surface area contributed by atoms with E-state index in [0.717, 1.165) is 6.42 Å². The lowest BCUT2D eigenvalue weighted by Crippen LogP contribution is -2.08. The molecule has 0 amide bonds. The van der Waals surface area contributed by atoms with Gasteiger partial charge in [0, 0.05) is 0 Å². The Bertz CT molecular complexity index is 314. The van der Waals surface area contributed by atoms with Gasteiger partial charge in [0.05, 0.1) is 0 Å². The van der Waals surface area contributed by atoms with Crippen LogP contribution in [0.1, 0.15) is 25.0 Å². The molecule has 1 aromatic carbocycles. The van der Waals surface area contributed by atoms with Crippen LogP contribution in [0.4, 0.5) is 0 Å². The smallest absolute Gasteiger partial charge is 0.188 e. The molecule has 0 bridgehead atoms. The summed E-state index contributed by atoms with van der Waals surface area (Å²) in [6.07, 6.45) is 2.94. The lowest BCUT2D eigenvalue weighted by atomic mass is 10.1. The van der Waals surface area contributed by atoms with E-state index < -0.39 is 6.10 Å². The number of hydrogen-bond donors (Lipinski definition) is 1. The number of carbonyl (C=O) groups is 1. The molecule has 0 saturated heterocycles. The zero-order chi connectivity index (χ0) is 10.4. The van der Waals surface area contributed by atoms with Crippen LogP contribution in [0.15, 0.2) is 42.5 Å². The molecule has 1 atom stereocenters. The van der Waals surface area contributed by atoms with Gasteiger partial charge in [-0.05, 0) is 18.1 Å². The fourth-order valence-corrected chi connectivity index (χ4v) is 1.12. The van der Waals surface area contributed by atoms with Crippen molar-refractivity contribution in [3.63, 3.8) is 0 Å². The van der Waals surface area contributed by atoms with Gasteiger partial charge in [-0.2, -0.15) is 0 Å². The highest BCUT2D eigenvalue weighted by molar-refractivity contribution is 5.94. The minimum absolute atomic E-state index is 0.266. The van der Waals surface area contributed by atoms with Crippen molar-refractivity contribution in [2.45, 2.75) is 19.4 Å². The first-order valence-corrected chi connectivity index (χ1v) is 4.69. The second kappa shape index (κ2) is 5.35. The van der Waals surface area contributed by atoms with Crippen LogP contribution in [0, 0.1) is 0 Å². The molecule has 1 rings (SSSR count). The molecule has 1 aromatic rings. The van der Waals surface area contributed by atoms with Crippen LogP contribution >= 0.6 is 0 Å². The SMILES string of the molecule is CC/C=C/C(=O)[C@@H](O)c1ccccc1. The Morgan fingerprint density at radius 2 is 2.07 bits per heavy atom. The van der Waals surface area contributed by atoms with Crippen molar-refractivity contribution < 1.29 is 9.90 Å². The van der Waals surface area contributed by atoms with E-state index in [-0.39, 0.29) is 5.78 Å². The number of allylic oxidation sites excluding steroid dienone is 1. The van der Waals surface area contributed by atoms with E-state index in [1.54, 1.807) is 30.3 Å². The van der Waals surface area contributed by atoms with E-state index in [4.69, 9.17) is 0 Å². The molecule has 2 heteroatoms. The van der Waals surface area contributed by atoms with Crippen molar-refractivity contribution in [2.24, 2.45) is 0 Å². The fraction of sp³-hybridized carbons (Fsp3) is 0.250. The summed E-state index contributed by atoms with van der Waals surface area (Å²) in [4.78, 5) is 11.4. The lowest BCUT2D eigenvalue weighted by molar-refractivity contribution is -0.122. The quantitative estimate of drug-likeness (QED) is 0.739. The first-order chi connectivity index (χ1) is 6.75. The zero-order valence-corrected chi connectivity index (χ0v) is 8.18. The number of rotatable bonds is 4. The molecular weight excluding hydrogens is 176 g/mol. The largest absolute Gasteiger partial charge is 0.380 e. The summed E-state index contributed by atoms with van der Waals surface area (Å²) in [6, 6.07) is 8.93. The molecule has 2 nitrogen and oxygen atoms in total. The Hall–Kier alpha value is -1.41. The third kappa shape index (κ3) is 2.82. The van der Waals surface area contributed by atoms with Gasteiger partial charge in [0.1, 0.15) is 6.10 Å². The van der Waals surface area contributed by atoms with Crippen LogP contribution in [-0.2, 0) is 4.79 Å². The number of hydrogen-bond acceptors (Lipinski definition) is 2. The number of carbonyl (C=O) groups excluding carboxylic acids is 1. The highest BCUT2D eigenvalue weighted by Gasteiger charge is 2.13. The molecule has 0 heterocycles. The Balaban J connectivity index is 2.71. The molecule has 74 valence electrons. The van der Waals surface area contributed by atoms with Gasteiger partial charge in [-0.25, -0.2) is 0 Å². The molecule has 0 spiro atoms. The summed E-state index contributed by atoms with van der Waals surface area (Å²) in [7, 11) is 0. The lowest BCUT2D eigenvalue weighted by Gasteiger charge is -2.06. The Morgan fingerprint density at radius 3 is 2.64 bits per heavy atom. The molecule has 14 heavy (non-hydrogen) atoms. The molecule has 1 N–H and O–H groups in total. The standard InChI is InChI=1S/C12H14O2/c1-2-3-9-11(13)12(14)10-7-5-4-6-8-10/h3-9,12,14H,2H2,1H3/b9-3+/t12-/m0/s1. The van der Waals surface area contributed by atoms with Crippen molar-refractivity contribution in [1.29, 1.82) is 0 Å². The van der Waals surface area contributed by atoms with E-state index in [9.17, 15) is 9.90 Å². The zero-order valence-electron chi connectivity index (χ0n) is 8.18. The summed E-state index contributed by atoms with van der Waals surface area (Å²) in [5, 5.41) is 9.61. The summed E-state index contributed by atoms with van der Waals surface area (Å²) in [5.41, 5.74) is 0.637. The van der Waals surface area contributed by atoms with Crippen LogP contribution < -0.4 is 0 Å². The van der Waals surface area contributed by atoms with Crippen molar-refractivity contribution >= 4 is 5.78 Å². The monoisotopic (exact) mass is 190 g/mol. The molecule has 0 aliphatic carbocycles. The molecule has 0 aliphatic rings. The highest BCUT2D eigenvalue weighted by atomic mass is 16.3. The van der Waals surface area contributed by atoms with Gasteiger partial charge in [0.25, 0.3) is 0 Å². The number of aliphatic hydroxyl groups is 1. The minimum atomic E-state index is -1.03. The molecular formula is C12H14O2. The molecule has 0 saturated carbocycles. The molecule has 0 aromatic heterocycles. The topological polar surface area (TPSA) is 37.3 Å². The van der Waals surface area contributed by atoms with E-state index in [1.165, 1.54) is 6.08 Å². The first-order valence-electron chi connectivity index (χ1n) is 4.69. The van der Waals surface area contributed by atoms with Gasteiger partial charge >= 0.3 is 0 Å². The van der Waals surface area contributed by atoms with E-state index in [2.05, 4.69) is 0 Å². The maximum absolute atomic E-state index is 11.4. The fourth-order valence-electron chi connectivity index (χ4n) is 1.12. The van der Waals surface area contributed by atoms with E-state index in [0.29, 0.717) is 5.56 Å². The average molecular weight is 190 g/mol. The maximum atomic E-state index is 11.4. The molecule has 0 fully saturated rings. The third-order valence-electron chi connectivity index (χ3n) is 1.90. The Labute approximate surface area is 83.9 Å². The Morgan fingerprint density at radius 1 is 1.43 bits per heavy atom. The van der Waals surface area contributed by atoms with Crippen molar-refractivity contribution in [1.82, 2.24) is 0 Å². The Kier molecular flexibility index (Phi) is 4.08. The predicted molar refractivity (Wildman–Crippen MR) is 55.8 cm³/mol. The third-order valence-corrected chi connectivity index (χ3v) is 1.90. The van der Waals surface area contributed by atoms with Crippen LogP contribution in [0.3, 0.4) is 0 Å². The highest BCUT2D eigenvalue weighted by Crippen LogP contribution is 2.13. The minimum Gasteiger partial charge on any atom is -0.380 e. The van der Waals surface area contributed by atoms with Crippen LogP contribution in [0.25, 0.3) is 0 Å². The van der Waals surface area contributed by atoms with Gasteiger partial charge in [0.15, 0.2) is 5.78 Å². The summed E-state index contributed by atoms with van der Waals surface area (Å²) in [5.74, 6) is -0.266.